The maximum absolute atomic E-state index is 13.2. The molecule has 1 saturated heterocycles. The lowest BCUT2D eigenvalue weighted by Crippen LogP contribution is -2.50. The molecule has 0 saturated carbocycles. The number of amides is 2. The molecule has 4 rings (SSSR count). The molecule has 1 aromatic carbocycles. The molecular formula is C21H21F3N6O2S. The summed E-state index contributed by atoms with van der Waals surface area (Å²) in [4.78, 5) is 34.4. The summed E-state index contributed by atoms with van der Waals surface area (Å²) in [5.41, 5.74) is -0.615. The molecular weight excluding hydrogens is 457 g/mol. The number of alkyl halides is 3. The van der Waals surface area contributed by atoms with Gasteiger partial charge >= 0.3 is 6.18 Å². The number of rotatable bonds is 5. The number of hydrogen-bond acceptors (Lipinski definition) is 6. The van der Waals surface area contributed by atoms with Gasteiger partial charge in [-0.25, -0.2) is 9.67 Å². The fraction of sp³-hybridized carbons (Fsp3) is 0.333. The Morgan fingerprint density at radius 2 is 1.88 bits per heavy atom. The summed E-state index contributed by atoms with van der Waals surface area (Å²) in [6.07, 6.45) is -1.96. The third kappa shape index (κ3) is 5.40. The number of anilines is 1. The van der Waals surface area contributed by atoms with E-state index < -0.39 is 17.6 Å². The lowest BCUT2D eigenvalue weighted by molar-refractivity contribution is -0.137. The van der Waals surface area contributed by atoms with Gasteiger partial charge < -0.3 is 10.2 Å². The van der Waals surface area contributed by atoms with Crippen molar-refractivity contribution < 1.29 is 22.8 Å². The van der Waals surface area contributed by atoms with Crippen molar-refractivity contribution >= 4 is 28.8 Å². The molecule has 3 aromatic rings. The molecule has 0 unspecified atom stereocenters. The Bertz CT molecular complexity index is 1140. The predicted octanol–water partition coefficient (Wildman–Crippen LogP) is 3.05. The summed E-state index contributed by atoms with van der Waals surface area (Å²) < 4.78 is 40.9. The van der Waals surface area contributed by atoms with Crippen LogP contribution in [0.4, 0.5) is 18.9 Å². The largest absolute Gasteiger partial charge is 0.416 e. The molecule has 33 heavy (non-hydrogen) atoms. The average molecular weight is 479 g/mol. The third-order valence-corrected chi connectivity index (χ3v) is 6.23. The van der Waals surface area contributed by atoms with Crippen LogP contribution < -0.4 is 5.32 Å². The summed E-state index contributed by atoms with van der Waals surface area (Å²) in [6.45, 7) is 3.85. The summed E-state index contributed by atoms with van der Waals surface area (Å²) in [7, 11) is 0. The predicted molar refractivity (Wildman–Crippen MR) is 116 cm³/mol. The van der Waals surface area contributed by atoms with E-state index in [2.05, 4.69) is 15.4 Å². The van der Waals surface area contributed by atoms with E-state index >= 15 is 0 Å². The topological polar surface area (TPSA) is 83.4 Å². The van der Waals surface area contributed by atoms with E-state index in [1.165, 1.54) is 34.7 Å². The van der Waals surface area contributed by atoms with Gasteiger partial charge in [-0.3, -0.25) is 14.5 Å². The molecule has 174 valence electrons. The second kappa shape index (κ2) is 9.32. The van der Waals surface area contributed by atoms with Gasteiger partial charge in [-0.15, -0.1) is 11.3 Å². The first-order chi connectivity index (χ1) is 15.7. The summed E-state index contributed by atoms with van der Waals surface area (Å²) in [5, 5.41) is 6.51. The monoisotopic (exact) mass is 478 g/mol. The molecule has 12 heteroatoms. The molecule has 1 aliphatic rings. The van der Waals surface area contributed by atoms with Gasteiger partial charge in [0.15, 0.2) is 0 Å². The van der Waals surface area contributed by atoms with Crippen LogP contribution in [0.3, 0.4) is 0 Å². The molecule has 0 atom stereocenters. The van der Waals surface area contributed by atoms with Crippen LogP contribution in [-0.4, -0.2) is 69.1 Å². The highest BCUT2D eigenvalue weighted by Crippen LogP contribution is 2.33. The van der Waals surface area contributed by atoms with Gasteiger partial charge in [0.25, 0.3) is 5.91 Å². The highest BCUT2D eigenvalue weighted by atomic mass is 32.1. The quantitative estimate of drug-likeness (QED) is 0.610. The Balaban J connectivity index is 1.39. The standard InChI is InChI=1S/C21H21F3N6O2S/c1-14-2-5-18(33-14)20(32)29-8-6-28(7-9-29)11-19(31)27-16-10-15(21(22,23)24)3-4-17(16)30-13-25-12-26-30/h2-5,10,12-13H,6-9,11H2,1H3,(H,27,31). The van der Waals surface area contributed by atoms with Gasteiger partial charge in [0, 0.05) is 31.1 Å². The maximum atomic E-state index is 13.2. The second-order valence-corrected chi connectivity index (χ2v) is 8.88. The van der Waals surface area contributed by atoms with E-state index in [0.717, 1.165) is 17.0 Å². The first-order valence-electron chi connectivity index (χ1n) is 10.1. The van der Waals surface area contributed by atoms with Gasteiger partial charge in [-0.2, -0.15) is 18.3 Å². The minimum atomic E-state index is -4.55. The number of hydrogen-bond donors (Lipinski definition) is 1. The number of benzene rings is 1. The van der Waals surface area contributed by atoms with E-state index in [9.17, 15) is 22.8 Å². The number of carbonyl (C=O) groups excluding carboxylic acids is 2. The number of nitrogens with zero attached hydrogens (tertiary/aromatic N) is 5. The zero-order valence-electron chi connectivity index (χ0n) is 17.7. The van der Waals surface area contributed by atoms with Crippen LogP contribution in [0.5, 0.6) is 0 Å². The smallest absolute Gasteiger partial charge is 0.335 e. The van der Waals surface area contributed by atoms with E-state index in [1.54, 1.807) is 4.90 Å². The lowest BCUT2D eigenvalue weighted by Gasteiger charge is -2.34. The minimum absolute atomic E-state index is 0.00676. The number of carbonyl (C=O) groups is 2. The van der Waals surface area contributed by atoms with Crippen LogP contribution >= 0.6 is 11.3 Å². The Labute approximate surface area is 191 Å². The normalized spacial score (nSPS) is 15.0. The van der Waals surface area contributed by atoms with Crippen LogP contribution in [0.15, 0.2) is 43.0 Å². The van der Waals surface area contributed by atoms with E-state index in [1.807, 2.05) is 24.0 Å². The van der Waals surface area contributed by atoms with Gasteiger partial charge in [0.05, 0.1) is 28.4 Å². The lowest BCUT2D eigenvalue weighted by atomic mass is 10.1. The number of thiophene rings is 1. The average Bonchev–Trinajstić information content (AvgIpc) is 3.45. The van der Waals surface area contributed by atoms with Gasteiger partial charge in [-0.1, -0.05) is 0 Å². The first kappa shape index (κ1) is 22.9. The molecule has 1 aliphatic heterocycles. The Morgan fingerprint density at radius 3 is 2.48 bits per heavy atom. The molecule has 0 bridgehead atoms. The van der Waals surface area contributed by atoms with Crippen LogP contribution in [0.25, 0.3) is 5.69 Å². The van der Waals surface area contributed by atoms with Crippen molar-refractivity contribution in [2.75, 3.05) is 38.0 Å². The molecule has 0 spiro atoms. The molecule has 0 radical (unpaired) electrons. The Kier molecular flexibility index (Phi) is 6.47. The van der Waals surface area contributed by atoms with E-state index in [4.69, 9.17) is 0 Å². The van der Waals surface area contributed by atoms with Crippen molar-refractivity contribution in [1.82, 2.24) is 24.6 Å². The van der Waals surface area contributed by atoms with Crippen molar-refractivity contribution in [3.63, 3.8) is 0 Å². The minimum Gasteiger partial charge on any atom is -0.335 e. The fourth-order valence-electron chi connectivity index (χ4n) is 3.55. The van der Waals surface area contributed by atoms with Crippen LogP contribution in [-0.2, 0) is 11.0 Å². The van der Waals surface area contributed by atoms with Crippen molar-refractivity contribution in [2.24, 2.45) is 0 Å². The summed E-state index contributed by atoms with van der Waals surface area (Å²) in [5.74, 6) is -0.483. The number of halogens is 3. The first-order valence-corrected chi connectivity index (χ1v) is 11.0. The maximum Gasteiger partial charge on any atom is 0.416 e. The summed E-state index contributed by atoms with van der Waals surface area (Å²) >= 11 is 1.44. The third-order valence-electron chi connectivity index (χ3n) is 5.24. The van der Waals surface area contributed by atoms with Crippen molar-refractivity contribution in [3.05, 3.63) is 58.3 Å². The van der Waals surface area contributed by atoms with Crippen LogP contribution in [0.1, 0.15) is 20.1 Å². The molecule has 2 amide bonds. The van der Waals surface area contributed by atoms with E-state index in [0.29, 0.717) is 31.1 Å². The van der Waals surface area contributed by atoms with Gasteiger partial charge in [0.1, 0.15) is 12.7 Å². The Morgan fingerprint density at radius 1 is 1.12 bits per heavy atom. The van der Waals surface area contributed by atoms with Crippen molar-refractivity contribution in [3.8, 4) is 5.69 Å². The molecule has 2 aromatic heterocycles. The zero-order valence-corrected chi connectivity index (χ0v) is 18.5. The molecule has 0 aliphatic carbocycles. The van der Waals surface area contributed by atoms with Crippen LogP contribution in [0.2, 0.25) is 0 Å². The number of piperazine rings is 1. The van der Waals surface area contributed by atoms with E-state index in [-0.39, 0.29) is 23.8 Å². The number of aryl methyl sites for hydroxylation is 1. The SMILES string of the molecule is Cc1ccc(C(=O)N2CCN(CC(=O)Nc3cc(C(F)(F)F)ccc3-n3cncn3)CC2)s1. The van der Waals surface area contributed by atoms with Crippen molar-refractivity contribution in [1.29, 1.82) is 0 Å². The zero-order chi connectivity index (χ0) is 23.6. The number of aromatic nitrogens is 3. The molecule has 8 nitrogen and oxygen atoms in total. The number of nitrogens with one attached hydrogen (secondary N) is 1. The van der Waals surface area contributed by atoms with Gasteiger partial charge in [0.2, 0.25) is 5.91 Å². The Hall–Kier alpha value is -3.25. The van der Waals surface area contributed by atoms with Crippen molar-refractivity contribution in [2.45, 2.75) is 13.1 Å². The molecule has 3 heterocycles. The highest BCUT2D eigenvalue weighted by Gasteiger charge is 2.31. The van der Waals surface area contributed by atoms with Gasteiger partial charge in [-0.05, 0) is 37.3 Å². The fourth-order valence-corrected chi connectivity index (χ4v) is 4.39. The molecule has 1 N–H and O–H groups in total. The highest BCUT2D eigenvalue weighted by molar-refractivity contribution is 7.13. The second-order valence-electron chi connectivity index (χ2n) is 7.60. The molecule has 1 fully saturated rings. The van der Waals surface area contributed by atoms with Crippen LogP contribution in [0, 0.1) is 6.92 Å². The summed E-state index contributed by atoms with van der Waals surface area (Å²) in [6, 6.07) is 6.76.